The van der Waals surface area contributed by atoms with E-state index < -0.39 is 0 Å². The molecule has 0 fully saturated rings. The zero-order chi connectivity index (χ0) is 10.9. The molecule has 0 saturated carbocycles. The Kier molecular flexibility index (Phi) is 3.61. The Labute approximate surface area is 92.2 Å². The van der Waals surface area contributed by atoms with Crippen LogP contribution >= 0.6 is 23.5 Å². The van der Waals surface area contributed by atoms with E-state index in [-0.39, 0.29) is 11.6 Å². The van der Waals surface area contributed by atoms with Gasteiger partial charge in [-0.05, 0) is 37.5 Å². The van der Waals surface area contributed by atoms with Gasteiger partial charge in [0.15, 0.2) is 11.6 Å². The van der Waals surface area contributed by atoms with Gasteiger partial charge in [0.25, 0.3) is 0 Å². The molecule has 1 rings (SSSR count). The number of allylic oxidation sites excluding steroid dienone is 4. The second-order valence-electron chi connectivity index (χ2n) is 3.09. The van der Waals surface area contributed by atoms with Crippen molar-refractivity contribution in [3.05, 3.63) is 19.6 Å². The lowest BCUT2D eigenvalue weighted by Gasteiger charge is -2.17. The largest absolute Gasteiger partial charge is 0.294 e. The Morgan fingerprint density at radius 2 is 1.14 bits per heavy atom. The summed E-state index contributed by atoms with van der Waals surface area (Å²) in [5, 5.41) is 0. The van der Waals surface area contributed by atoms with Gasteiger partial charge in [-0.25, -0.2) is 0 Å². The predicted molar refractivity (Wildman–Crippen MR) is 61.9 cm³/mol. The van der Waals surface area contributed by atoms with Crippen LogP contribution in [0, 0.1) is 0 Å². The Morgan fingerprint density at radius 1 is 0.857 bits per heavy atom. The monoisotopic (exact) mass is 228 g/mol. The topological polar surface area (TPSA) is 34.1 Å². The highest BCUT2D eigenvalue weighted by Gasteiger charge is 2.23. The molecular formula is C10H12O2S2. The van der Waals surface area contributed by atoms with Crippen molar-refractivity contribution in [1.29, 1.82) is 0 Å². The predicted octanol–water partition coefficient (Wildman–Crippen LogP) is 3.11. The normalized spacial score (nSPS) is 17.4. The first-order valence-electron chi connectivity index (χ1n) is 4.22. The van der Waals surface area contributed by atoms with Crippen molar-refractivity contribution in [2.75, 3.05) is 0 Å². The van der Waals surface area contributed by atoms with E-state index in [1.165, 1.54) is 37.4 Å². The van der Waals surface area contributed by atoms with Gasteiger partial charge in [-0.2, -0.15) is 0 Å². The third-order valence-electron chi connectivity index (χ3n) is 1.85. The zero-order valence-corrected chi connectivity index (χ0v) is 10.3. The number of hydrogen-bond acceptors (Lipinski definition) is 4. The van der Waals surface area contributed by atoms with Gasteiger partial charge in [-0.3, -0.25) is 9.59 Å². The Balaban J connectivity index is 3.12. The summed E-state index contributed by atoms with van der Waals surface area (Å²) in [7, 11) is 0. The van der Waals surface area contributed by atoms with Crippen LogP contribution in [0.15, 0.2) is 19.6 Å². The second kappa shape index (κ2) is 4.36. The molecule has 0 amide bonds. The average Bonchev–Trinajstić information content (AvgIpc) is 2.08. The van der Waals surface area contributed by atoms with Crippen LogP contribution in [0.3, 0.4) is 0 Å². The number of carbonyl (C=O) groups is 2. The molecule has 4 heteroatoms. The molecule has 0 N–H and O–H groups in total. The fourth-order valence-electron chi connectivity index (χ4n) is 1.01. The summed E-state index contributed by atoms with van der Waals surface area (Å²) in [6.07, 6.45) is 0. The van der Waals surface area contributed by atoms with Gasteiger partial charge in [-0.1, -0.05) is 23.5 Å². The van der Waals surface area contributed by atoms with Crippen LogP contribution in [0.2, 0.25) is 0 Å². The van der Waals surface area contributed by atoms with Gasteiger partial charge in [0, 0.05) is 0 Å². The maximum atomic E-state index is 11.3. The lowest BCUT2D eigenvalue weighted by Crippen LogP contribution is -2.06. The summed E-state index contributed by atoms with van der Waals surface area (Å²) in [6, 6.07) is 0. The van der Waals surface area contributed by atoms with Crippen molar-refractivity contribution < 1.29 is 9.59 Å². The molecule has 2 nitrogen and oxygen atoms in total. The molecule has 0 aromatic rings. The number of carbonyl (C=O) groups excluding carboxylic acids is 2. The fraction of sp³-hybridized carbons (Fsp3) is 0.400. The summed E-state index contributed by atoms with van der Waals surface area (Å²) in [5.41, 5.74) is 0. The van der Waals surface area contributed by atoms with Crippen LogP contribution in [0.1, 0.15) is 27.7 Å². The third kappa shape index (κ3) is 2.30. The number of thioether (sulfide) groups is 2. The zero-order valence-electron chi connectivity index (χ0n) is 8.63. The average molecular weight is 228 g/mol. The lowest BCUT2D eigenvalue weighted by atomic mass is 10.3. The van der Waals surface area contributed by atoms with Crippen LogP contribution in [0.4, 0.5) is 0 Å². The first kappa shape index (κ1) is 11.6. The summed E-state index contributed by atoms with van der Waals surface area (Å²) >= 11 is 2.81. The molecule has 0 spiro atoms. The highest BCUT2D eigenvalue weighted by Crippen LogP contribution is 2.44. The minimum atomic E-state index is -0.0282. The van der Waals surface area contributed by atoms with E-state index in [0.717, 1.165) is 9.81 Å². The molecule has 0 unspecified atom stereocenters. The molecule has 1 aliphatic rings. The van der Waals surface area contributed by atoms with Crippen LogP contribution in [-0.4, -0.2) is 11.6 Å². The molecule has 1 heterocycles. The maximum absolute atomic E-state index is 11.3. The van der Waals surface area contributed by atoms with Crippen LogP contribution in [-0.2, 0) is 9.59 Å². The molecule has 0 aromatic carbocycles. The molecule has 0 atom stereocenters. The van der Waals surface area contributed by atoms with E-state index in [1.54, 1.807) is 0 Å². The van der Waals surface area contributed by atoms with E-state index in [1.807, 2.05) is 13.8 Å². The third-order valence-corrected chi connectivity index (χ3v) is 4.73. The summed E-state index contributed by atoms with van der Waals surface area (Å²) in [6.45, 7) is 6.93. The molecule has 1 aliphatic heterocycles. The van der Waals surface area contributed by atoms with Gasteiger partial charge in [0.2, 0.25) is 0 Å². The molecule has 76 valence electrons. The Morgan fingerprint density at radius 3 is 1.36 bits per heavy atom. The van der Waals surface area contributed by atoms with Gasteiger partial charge in [0.1, 0.15) is 0 Å². The smallest absolute Gasteiger partial charge is 0.167 e. The van der Waals surface area contributed by atoms with Gasteiger partial charge in [-0.15, -0.1) is 0 Å². The molecular weight excluding hydrogens is 216 g/mol. The number of rotatable bonds is 2. The minimum absolute atomic E-state index is 0.0282. The van der Waals surface area contributed by atoms with Gasteiger partial charge >= 0.3 is 0 Å². The van der Waals surface area contributed by atoms with E-state index >= 15 is 0 Å². The van der Waals surface area contributed by atoms with E-state index in [2.05, 4.69) is 0 Å². The molecule has 0 saturated heterocycles. The Hall–Kier alpha value is -0.480. The highest BCUT2D eigenvalue weighted by molar-refractivity contribution is 8.14. The second-order valence-corrected chi connectivity index (χ2v) is 5.54. The molecule has 14 heavy (non-hydrogen) atoms. The fourth-order valence-corrected chi connectivity index (χ4v) is 3.17. The summed E-state index contributed by atoms with van der Waals surface area (Å²) in [5.74, 6) is -0.0564. The van der Waals surface area contributed by atoms with Crippen LogP contribution < -0.4 is 0 Å². The number of Topliss-reactive ketones (excluding diaryl/α,β-unsaturated/α-hetero) is 2. The van der Waals surface area contributed by atoms with Crippen molar-refractivity contribution in [2.45, 2.75) is 27.7 Å². The first-order chi connectivity index (χ1) is 6.43. The van der Waals surface area contributed by atoms with Gasteiger partial charge in [0.05, 0.1) is 9.81 Å². The van der Waals surface area contributed by atoms with Crippen molar-refractivity contribution in [3.8, 4) is 0 Å². The summed E-state index contributed by atoms with van der Waals surface area (Å²) < 4.78 is 0. The van der Waals surface area contributed by atoms with Crippen molar-refractivity contribution in [2.24, 2.45) is 0 Å². The molecule has 0 aliphatic carbocycles. The number of ketones is 2. The summed E-state index contributed by atoms with van der Waals surface area (Å²) in [4.78, 5) is 26.0. The van der Waals surface area contributed by atoms with Crippen molar-refractivity contribution in [1.82, 2.24) is 0 Å². The number of hydrogen-bond donors (Lipinski definition) is 0. The highest BCUT2D eigenvalue weighted by atomic mass is 32.2. The molecule has 0 aromatic heterocycles. The van der Waals surface area contributed by atoms with E-state index in [4.69, 9.17) is 0 Å². The quantitative estimate of drug-likeness (QED) is 0.727. The van der Waals surface area contributed by atoms with E-state index in [0.29, 0.717) is 9.81 Å². The van der Waals surface area contributed by atoms with Crippen molar-refractivity contribution in [3.63, 3.8) is 0 Å². The maximum Gasteiger partial charge on any atom is 0.167 e. The van der Waals surface area contributed by atoms with Crippen LogP contribution in [0.5, 0.6) is 0 Å². The minimum Gasteiger partial charge on any atom is -0.294 e. The van der Waals surface area contributed by atoms with Crippen LogP contribution in [0.25, 0.3) is 0 Å². The first-order valence-corrected chi connectivity index (χ1v) is 5.86. The molecule has 0 bridgehead atoms. The van der Waals surface area contributed by atoms with E-state index in [9.17, 15) is 9.59 Å². The lowest BCUT2D eigenvalue weighted by molar-refractivity contribution is -0.115. The standard InChI is InChI=1S/C10H12O2S2/c1-5(11)9-10(6(2)12)14-8(4)7(3)13-9/h1-4H3. The van der Waals surface area contributed by atoms with Crippen molar-refractivity contribution >= 4 is 35.1 Å². The Bertz CT molecular complexity index is 330. The SMILES string of the molecule is CC(=O)C1=C(C(C)=O)SC(C)=C(C)S1. The molecule has 0 radical (unpaired) electrons. The van der Waals surface area contributed by atoms with Gasteiger partial charge < -0.3 is 0 Å².